The van der Waals surface area contributed by atoms with Gasteiger partial charge in [0, 0.05) is 33.5 Å². The number of fused-ring (bicyclic) bond motifs is 6. The van der Waals surface area contributed by atoms with Gasteiger partial charge in [0.25, 0.3) is 0 Å². The highest BCUT2D eigenvalue weighted by molar-refractivity contribution is 6.14. The normalized spacial score (nSPS) is 11.6. The number of rotatable bonds is 5. The van der Waals surface area contributed by atoms with Crippen LogP contribution < -0.4 is 4.90 Å². The van der Waals surface area contributed by atoms with Crippen LogP contribution >= 0.6 is 0 Å². The molecule has 0 unspecified atom stereocenters. The van der Waals surface area contributed by atoms with Gasteiger partial charge in [-0.1, -0.05) is 127 Å². The molecule has 2 nitrogen and oxygen atoms in total. The maximum absolute atomic E-state index is 2.42. The first kappa shape index (κ1) is 28.4. The minimum absolute atomic E-state index is 1.12. The summed E-state index contributed by atoms with van der Waals surface area (Å²) in [6.07, 6.45) is 0. The Kier molecular flexibility index (Phi) is 6.53. The summed E-state index contributed by atoms with van der Waals surface area (Å²) in [5, 5.41) is 9.85. The summed E-state index contributed by atoms with van der Waals surface area (Å²) in [6, 6.07) is 70.6. The van der Waals surface area contributed by atoms with E-state index in [1.165, 1.54) is 65.3 Å². The third-order valence-electron chi connectivity index (χ3n) is 10.1. The standard InChI is InChI=1S/C48H32N2/c1-2-11-33(12-3-1)38-17-10-18-41(27-38)50-47-20-9-8-19-45(47)46-31-39-23-26-44(30-40(39)32-48(46)50)49(42-24-21-34-13-4-6-15-36(34)28-42)43-25-22-35-14-5-7-16-37(35)29-43/h1-32H. The monoisotopic (exact) mass is 636 g/mol. The fourth-order valence-corrected chi connectivity index (χ4v) is 7.65. The zero-order valence-electron chi connectivity index (χ0n) is 27.4. The molecule has 0 saturated carbocycles. The Morgan fingerprint density at radius 1 is 0.300 bits per heavy atom. The molecular formula is C48H32N2. The average Bonchev–Trinajstić information content (AvgIpc) is 3.50. The molecule has 1 heterocycles. The first-order valence-corrected chi connectivity index (χ1v) is 17.2. The number of anilines is 3. The third kappa shape index (κ3) is 4.73. The first-order valence-electron chi connectivity index (χ1n) is 17.2. The molecular weight excluding hydrogens is 605 g/mol. The van der Waals surface area contributed by atoms with Crippen molar-refractivity contribution in [1.82, 2.24) is 4.57 Å². The summed E-state index contributed by atoms with van der Waals surface area (Å²) in [6.45, 7) is 0. The smallest absolute Gasteiger partial charge is 0.0547 e. The topological polar surface area (TPSA) is 8.17 Å². The van der Waals surface area contributed by atoms with Crippen LogP contribution in [0, 0.1) is 0 Å². The van der Waals surface area contributed by atoms with Crippen molar-refractivity contribution in [1.29, 1.82) is 0 Å². The van der Waals surface area contributed by atoms with Crippen molar-refractivity contribution < 1.29 is 0 Å². The molecule has 50 heavy (non-hydrogen) atoms. The van der Waals surface area contributed by atoms with Gasteiger partial charge in [-0.2, -0.15) is 0 Å². The fourth-order valence-electron chi connectivity index (χ4n) is 7.65. The van der Waals surface area contributed by atoms with Gasteiger partial charge in [0.2, 0.25) is 0 Å². The number of hydrogen-bond acceptors (Lipinski definition) is 1. The highest BCUT2D eigenvalue weighted by atomic mass is 15.1. The van der Waals surface area contributed by atoms with E-state index in [0.717, 1.165) is 22.7 Å². The second-order valence-corrected chi connectivity index (χ2v) is 13.1. The van der Waals surface area contributed by atoms with Crippen LogP contribution in [0.3, 0.4) is 0 Å². The minimum atomic E-state index is 1.12. The number of benzene rings is 9. The van der Waals surface area contributed by atoms with Crippen LogP contribution in [-0.4, -0.2) is 4.57 Å². The van der Waals surface area contributed by atoms with E-state index in [1.54, 1.807) is 0 Å². The second-order valence-electron chi connectivity index (χ2n) is 13.1. The quantitative estimate of drug-likeness (QED) is 0.182. The molecule has 0 radical (unpaired) electrons. The van der Waals surface area contributed by atoms with Crippen molar-refractivity contribution in [2.75, 3.05) is 4.90 Å². The molecule has 0 saturated heterocycles. The Balaban J connectivity index is 1.19. The molecule has 2 heteroatoms. The molecule has 10 aromatic rings. The van der Waals surface area contributed by atoms with Gasteiger partial charge in [0.15, 0.2) is 0 Å². The maximum atomic E-state index is 2.42. The van der Waals surface area contributed by atoms with E-state index in [-0.39, 0.29) is 0 Å². The molecule has 0 N–H and O–H groups in total. The van der Waals surface area contributed by atoms with E-state index in [0.29, 0.717) is 0 Å². The van der Waals surface area contributed by atoms with Gasteiger partial charge in [-0.3, -0.25) is 0 Å². The summed E-state index contributed by atoms with van der Waals surface area (Å²) < 4.78 is 2.42. The Morgan fingerprint density at radius 2 is 0.840 bits per heavy atom. The highest BCUT2D eigenvalue weighted by Crippen LogP contribution is 2.41. The van der Waals surface area contributed by atoms with E-state index < -0.39 is 0 Å². The molecule has 0 bridgehead atoms. The van der Waals surface area contributed by atoms with E-state index in [2.05, 4.69) is 204 Å². The molecule has 0 aliphatic heterocycles. The predicted molar refractivity (Wildman–Crippen MR) is 213 cm³/mol. The molecule has 10 rings (SSSR count). The van der Waals surface area contributed by atoms with Gasteiger partial charge >= 0.3 is 0 Å². The molecule has 0 fully saturated rings. The molecule has 0 aliphatic rings. The van der Waals surface area contributed by atoms with Crippen LogP contribution in [0.15, 0.2) is 194 Å². The lowest BCUT2D eigenvalue weighted by Gasteiger charge is -2.26. The van der Waals surface area contributed by atoms with Gasteiger partial charge in [-0.15, -0.1) is 0 Å². The Morgan fingerprint density at radius 3 is 1.54 bits per heavy atom. The summed E-state index contributed by atoms with van der Waals surface area (Å²) >= 11 is 0. The molecule has 0 atom stereocenters. The third-order valence-corrected chi connectivity index (χ3v) is 10.1. The number of para-hydroxylation sites is 1. The summed E-state index contributed by atoms with van der Waals surface area (Å²) in [5.41, 5.74) is 9.36. The molecule has 9 aromatic carbocycles. The number of aromatic nitrogens is 1. The molecule has 234 valence electrons. The minimum Gasteiger partial charge on any atom is -0.310 e. The molecule has 0 aliphatic carbocycles. The van der Waals surface area contributed by atoms with E-state index >= 15 is 0 Å². The SMILES string of the molecule is c1ccc(-c2cccc(-n3c4ccccc4c4cc5ccc(N(c6ccc7ccccc7c6)c6ccc7ccccc7c6)cc5cc43)c2)cc1. The molecule has 0 amide bonds. The van der Waals surface area contributed by atoms with E-state index in [4.69, 9.17) is 0 Å². The van der Waals surface area contributed by atoms with Crippen molar-refractivity contribution in [2.45, 2.75) is 0 Å². The maximum Gasteiger partial charge on any atom is 0.0547 e. The van der Waals surface area contributed by atoms with Crippen molar-refractivity contribution in [3.63, 3.8) is 0 Å². The summed E-state index contributed by atoms with van der Waals surface area (Å²) in [7, 11) is 0. The Bertz CT molecular complexity index is 2800. The zero-order chi connectivity index (χ0) is 33.0. The zero-order valence-corrected chi connectivity index (χ0v) is 27.4. The molecule has 1 aromatic heterocycles. The highest BCUT2D eigenvalue weighted by Gasteiger charge is 2.17. The lowest BCUT2D eigenvalue weighted by atomic mass is 10.0. The van der Waals surface area contributed by atoms with Crippen LogP contribution in [0.25, 0.3) is 70.9 Å². The van der Waals surface area contributed by atoms with Gasteiger partial charge in [0.05, 0.1) is 11.0 Å². The molecule has 0 spiro atoms. The van der Waals surface area contributed by atoms with Crippen LogP contribution in [0.1, 0.15) is 0 Å². The van der Waals surface area contributed by atoms with Crippen molar-refractivity contribution in [3.8, 4) is 16.8 Å². The fraction of sp³-hybridized carbons (Fsp3) is 0. The Hall–Kier alpha value is -6.64. The van der Waals surface area contributed by atoms with Crippen LogP contribution in [-0.2, 0) is 0 Å². The van der Waals surface area contributed by atoms with Gasteiger partial charge in [0.1, 0.15) is 0 Å². The van der Waals surface area contributed by atoms with Crippen LogP contribution in [0.5, 0.6) is 0 Å². The van der Waals surface area contributed by atoms with E-state index in [9.17, 15) is 0 Å². The first-order chi connectivity index (χ1) is 24.8. The number of hydrogen-bond donors (Lipinski definition) is 0. The predicted octanol–water partition coefficient (Wildman–Crippen LogP) is 13.4. The van der Waals surface area contributed by atoms with E-state index in [1.807, 2.05) is 0 Å². The lowest BCUT2D eigenvalue weighted by Crippen LogP contribution is -2.10. The number of nitrogens with zero attached hydrogens (tertiary/aromatic N) is 2. The van der Waals surface area contributed by atoms with Gasteiger partial charge in [-0.25, -0.2) is 0 Å². The summed E-state index contributed by atoms with van der Waals surface area (Å²) in [4.78, 5) is 2.39. The van der Waals surface area contributed by atoms with Crippen molar-refractivity contribution in [3.05, 3.63) is 194 Å². The summed E-state index contributed by atoms with van der Waals surface area (Å²) in [5.74, 6) is 0. The lowest BCUT2D eigenvalue weighted by molar-refractivity contribution is 1.18. The van der Waals surface area contributed by atoms with Crippen LogP contribution in [0.2, 0.25) is 0 Å². The Labute approximate surface area is 290 Å². The average molecular weight is 637 g/mol. The van der Waals surface area contributed by atoms with Crippen molar-refractivity contribution in [2.24, 2.45) is 0 Å². The second kappa shape index (κ2) is 11.5. The van der Waals surface area contributed by atoms with Crippen molar-refractivity contribution >= 4 is 71.2 Å². The largest absolute Gasteiger partial charge is 0.310 e. The van der Waals surface area contributed by atoms with Crippen LogP contribution in [0.4, 0.5) is 17.1 Å². The van der Waals surface area contributed by atoms with Gasteiger partial charge < -0.3 is 9.47 Å². The van der Waals surface area contributed by atoms with Gasteiger partial charge in [-0.05, 0) is 110 Å².